The molecule has 1 saturated heterocycles. The lowest BCUT2D eigenvalue weighted by molar-refractivity contribution is -0.148. The first-order valence-electron chi connectivity index (χ1n) is 12.9. The van der Waals surface area contributed by atoms with Crippen LogP contribution in [-0.2, 0) is 0 Å². The highest BCUT2D eigenvalue weighted by Crippen LogP contribution is 2.41. The van der Waals surface area contributed by atoms with E-state index in [0.717, 1.165) is 11.1 Å². The van der Waals surface area contributed by atoms with Crippen molar-refractivity contribution in [1.29, 1.82) is 0 Å². The van der Waals surface area contributed by atoms with Crippen molar-refractivity contribution in [2.75, 3.05) is 51.5 Å². The number of ether oxygens (including phenoxy) is 1. The summed E-state index contributed by atoms with van der Waals surface area (Å²) in [6.07, 6.45) is 0.540. The Labute approximate surface area is 243 Å². The zero-order valence-electron chi connectivity index (χ0n) is 22.0. The van der Waals surface area contributed by atoms with Gasteiger partial charge < -0.3 is 24.7 Å². The molecule has 2 amide bonds. The summed E-state index contributed by atoms with van der Waals surface area (Å²) >= 11 is 12.4. The molecule has 0 spiro atoms. The van der Waals surface area contributed by atoms with E-state index < -0.39 is 24.6 Å². The molecular weight excluding hydrogens is 589 g/mol. The van der Waals surface area contributed by atoms with E-state index in [1.807, 2.05) is 6.08 Å². The van der Waals surface area contributed by atoms with Crippen molar-refractivity contribution in [2.45, 2.75) is 25.6 Å². The maximum absolute atomic E-state index is 14.1. The number of alkyl halides is 3. The number of furan rings is 1. The molecular formula is C27H27Cl2F4N5O3. The third-order valence-electron chi connectivity index (χ3n) is 7.25. The van der Waals surface area contributed by atoms with Gasteiger partial charge in [0.15, 0.2) is 11.4 Å². The van der Waals surface area contributed by atoms with Crippen LogP contribution in [0.2, 0.25) is 10.0 Å². The Morgan fingerprint density at radius 1 is 1.17 bits per heavy atom. The van der Waals surface area contributed by atoms with Gasteiger partial charge in [-0.2, -0.15) is 13.2 Å². The Balaban J connectivity index is 1.29. The molecule has 1 fully saturated rings. The molecule has 0 radical (unpaired) electrons. The highest BCUT2D eigenvalue weighted by atomic mass is 35.5. The second-order valence-corrected chi connectivity index (χ2v) is 10.8. The van der Waals surface area contributed by atoms with Gasteiger partial charge in [-0.15, -0.1) is 0 Å². The average molecular weight is 616 g/mol. The number of hydrogen-bond acceptors (Lipinski definition) is 6. The van der Waals surface area contributed by atoms with Crippen molar-refractivity contribution in [2.24, 2.45) is 0 Å². The second kappa shape index (κ2) is 11.6. The van der Waals surface area contributed by atoms with Gasteiger partial charge in [0.2, 0.25) is 5.75 Å². The minimum Gasteiger partial charge on any atom is -0.478 e. The van der Waals surface area contributed by atoms with Crippen LogP contribution in [-0.4, -0.2) is 77.7 Å². The third kappa shape index (κ3) is 6.19. The lowest BCUT2D eigenvalue weighted by Gasteiger charge is -2.38. The van der Waals surface area contributed by atoms with Crippen LogP contribution in [0.1, 0.15) is 30.6 Å². The number of fused-ring (bicyclic) bond motifs is 1. The molecule has 0 aliphatic carbocycles. The fraction of sp³-hybridized carbons (Fsp3) is 0.407. The van der Waals surface area contributed by atoms with E-state index in [-0.39, 0.29) is 59.4 Å². The number of hydrogen-bond donors (Lipinski definition) is 1. The van der Waals surface area contributed by atoms with Gasteiger partial charge in [-0.05, 0) is 31.1 Å². The molecule has 1 aromatic carbocycles. The SMILES string of the molecule is CC(Oc1c(N)ncc2c(C3=CCN(C(=O)N4CCN(CC(F)(F)F)CC4)CC3)coc12)c1c(Cl)ccc(F)c1Cl. The number of nitrogen functional groups attached to an aromatic ring is 1. The molecule has 220 valence electrons. The van der Waals surface area contributed by atoms with Gasteiger partial charge in [-0.1, -0.05) is 29.3 Å². The number of aromatic nitrogens is 1. The summed E-state index contributed by atoms with van der Waals surface area (Å²) in [5.74, 6) is -0.402. The Bertz CT molecular complexity index is 1490. The highest BCUT2D eigenvalue weighted by Gasteiger charge is 2.34. The van der Waals surface area contributed by atoms with E-state index in [1.54, 1.807) is 29.2 Å². The van der Waals surface area contributed by atoms with Crippen LogP contribution < -0.4 is 10.5 Å². The molecule has 2 N–H and O–H groups in total. The number of halogens is 6. The fourth-order valence-corrected chi connectivity index (χ4v) is 5.81. The maximum Gasteiger partial charge on any atom is 0.401 e. The van der Waals surface area contributed by atoms with Crippen LogP contribution >= 0.6 is 23.2 Å². The summed E-state index contributed by atoms with van der Waals surface area (Å²) in [5.41, 5.74) is 8.42. The van der Waals surface area contributed by atoms with Gasteiger partial charge >= 0.3 is 12.2 Å². The van der Waals surface area contributed by atoms with Gasteiger partial charge in [-0.3, -0.25) is 4.90 Å². The predicted molar refractivity (Wildman–Crippen MR) is 148 cm³/mol. The number of piperazine rings is 1. The molecule has 14 heteroatoms. The summed E-state index contributed by atoms with van der Waals surface area (Å²) in [4.78, 5) is 21.8. The van der Waals surface area contributed by atoms with Gasteiger partial charge in [0.05, 0.1) is 23.2 Å². The van der Waals surface area contributed by atoms with E-state index in [0.29, 0.717) is 30.5 Å². The van der Waals surface area contributed by atoms with Crippen LogP contribution in [0.3, 0.4) is 0 Å². The zero-order valence-corrected chi connectivity index (χ0v) is 23.5. The number of pyridine rings is 1. The Morgan fingerprint density at radius 2 is 1.90 bits per heavy atom. The summed E-state index contributed by atoms with van der Waals surface area (Å²) in [7, 11) is 0. The summed E-state index contributed by atoms with van der Waals surface area (Å²) in [5, 5.41) is 0.723. The monoisotopic (exact) mass is 615 g/mol. The Hall–Kier alpha value is -3.22. The molecule has 1 unspecified atom stereocenters. The van der Waals surface area contributed by atoms with Crippen molar-refractivity contribution in [3.8, 4) is 5.75 Å². The molecule has 2 aromatic heterocycles. The van der Waals surface area contributed by atoms with Crippen LogP contribution in [0.5, 0.6) is 5.75 Å². The minimum absolute atomic E-state index is 0.0682. The molecule has 41 heavy (non-hydrogen) atoms. The molecule has 5 rings (SSSR count). The number of benzene rings is 1. The van der Waals surface area contributed by atoms with Crippen LogP contribution in [0.25, 0.3) is 16.5 Å². The van der Waals surface area contributed by atoms with Crippen LogP contribution in [0, 0.1) is 5.82 Å². The Morgan fingerprint density at radius 3 is 2.56 bits per heavy atom. The molecule has 1 atom stereocenters. The quantitative estimate of drug-likeness (QED) is 0.264. The standard InChI is InChI=1S/C27H27Cl2F4N5O3/c1-15(21-19(28)2-3-20(30)22(21)29)41-24-23-17(12-35-25(24)34)18(13-40-23)16-4-6-37(7-5-16)26(39)38-10-8-36(9-11-38)14-27(31,32)33/h2-4,12-13,15H,5-11,14H2,1H3,(H2,34,35). The van der Waals surface area contributed by atoms with E-state index in [1.165, 1.54) is 17.0 Å². The summed E-state index contributed by atoms with van der Waals surface area (Å²) in [6.45, 7) is 2.30. The summed E-state index contributed by atoms with van der Waals surface area (Å²) < 4.78 is 64.0. The normalized spacial score (nSPS) is 17.6. The Kier molecular flexibility index (Phi) is 8.27. The predicted octanol–water partition coefficient (Wildman–Crippen LogP) is 6.38. The van der Waals surface area contributed by atoms with E-state index in [4.69, 9.17) is 38.1 Å². The number of carbonyl (C=O) groups excluding carboxylic acids is 1. The van der Waals surface area contributed by atoms with Gasteiger partial charge in [0, 0.05) is 61.6 Å². The average Bonchev–Trinajstić information content (AvgIpc) is 3.36. The van der Waals surface area contributed by atoms with Crippen LogP contribution in [0.15, 0.2) is 35.1 Å². The van der Waals surface area contributed by atoms with Gasteiger partial charge in [-0.25, -0.2) is 14.2 Å². The van der Waals surface area contributed by atoms with E-state index in [2.05, 4.69) is 4.98 Å². The number of rotatable bonds is 5. The molecule has 0 saturated carbocycles. The number of nitrogens with zero attached hydrogens (tertiary/aromatic N) is 4. The first kappa shape index (κ1) is 29.3. The molecule has 2 aliphatic heterocycles. The van der Waals surface area contributed by atoms with Crippen molar-refractivity contribution in [1.82, 2.24) is 19.7 Å². The molecule has 8 nitrogen and oxygen atoms in total. The lowest BCUT2D eigenvalue weighted by Crippen LogP contribution is -2.54. The second-order valence-electron chi connectivity index (χ2n) is 9.97. The fourth-order valence-electron chi connectivity index (χ4n) is 5.13. The van der Waals surface area contributed by atoms with Gasteiger partial charge in [0.1, 0.15) is 11.9 Å². The number of amides is 2. The maximum atomic E-state index is 14.1. The molecule has 3 aromatic rings. The molecule has 2 aliphatic rings. The number of anilines is 1. The number of nitrogens with two attached hydrogens (primary N) is 1. The first-order chi connectivity index (χ1) is 19.4. The topological polar surface area (TPSA) is 88.1 Å². The lowest BCUT2D eigenvalue weighted by atomic mass is 9.99. The van der Waals surface area contributed by atoms with E-state index >= 15 is 0 Å². The van der Waals surface area contributed by atoms with Crippen LogP contribution in [0.4, 0.5) is 28.2 Å². The molecule has 4 heterocycles. The smallest absolute Gasteiger partial charge is 0.401 e. The van der Waals surface area contributed by atoms with Crippen molar-refractivity contribution in [3.05, 3.63) is 57.7 Å². The van der Waals surface area contributed by atoms with Crippen molar-refractivity contribution in [3.63, 3.8) is 0 Å². The number of carbonyl (C=O) groups is 1. The number of urea groups is 1. The zero-order chi connectivity index (χ0) is 29.5. The first-order valence-corrected chi connectivity index (χ1v) is 13.7. The minimum atomic E-state index is -4.26. The van der Waals surface area contributed by atoms with Crippen molar-refractivity contribution >= 4 is 51.6 Å². The molecule has 0 bridgehead atoms. The third-order valence-corrected chi connectivity index (χ3v) is 7.97. The highest BCUT2D eigenvalue weighted by molar-refractivity contribution is 6.36. The largest absolute Gasteiger partial charge is 0.478 e. The summed E-state index contributed by atoms with van der Waals surface area (Å²) in [6, 6.07) is 2.36. The van der Waals surface area contributed by atoms with E-state index in [9.17, 15) is 22.4 Å². The van der Waals surface area contributed by atoms with Gasteiger partial charge in [0.25, 0.3) is 0 Å². The van der Waals surface area contributed by atoms with Crippen molar-refractivity contribution < 1.29 is 31.5 Å².